The molecule has 6 nitrogen and oxygen atoms in total. The molecule has 0 saturated carbocycles. The van der Waals surface area contributed by atoms with E-state index in [1.54, 1.807) is 11.6 Å². The summed E-state index contributed by atoms with van der Waals surface area (Å²) in [6.07, 6.45) is 2.06. The lowest BCUT2D eigenvalue weighted by Gasteiger charge is -2.14. The highest BCUT2D eigenvalue weighted by Crippen LogP contribution is 2.28. The van der Waals surface area contributed by atoms with Crippen molar-refractivity contribution in [2.45, 2.75) is 12.5 Å². The van der Waals surface area contributed by atoms with Crippen molar-refractivity contribution in [2.75, 3.05) is 18.0 Å². The number of aliphatic hydroxyl groups is 1. The van der Waals surface area contributed by atoms with Crippen LogP contribution in [0.15, 0.2) is 29.8 Å². The first-order valence-corrected chi connectivity index (χ1v) is 7.59. The second kappa shape index (κ2) is 5.79. The first-order valence-electron chi connectivity index (χ1n) is 6.71. The van der Waals surface area contributed by atoms with Gasteiger partial charge in [-0.3, -0.25) is 9.78 Å². The standard InChI is InChI=1S/C14H16N4O2S/c15-13(20)11-8-21-14(17-11)18-6-9(12(19)7-18)5-10-3-1-2-4-16-10/h1-4,8-9,12,19H,5-7H2,(H2,15,20)/t9-,12-/m1/s1. The molecular weight excluding hydrogens is 288 g/mol. The average Bonchev–Trinajstić information content (AvgIpc) is 3.08. The summed E-state index contributed by atoms with van der Waals surface area (Å²) in [4.78, 5) is 21.6. The number of pyridine rings is 1. The molecule has 2 atom stereocenters. The van der Waals surface area contributed by atoms with Crippen LogP contribution >= 0.6 is 11.3 Å². The minimum Gasteiger partial charge on any atom is -0.391 e. The highest BCUT2D eigenvalue weighted by molar-refractivity contribution is 7.13. The van der Waals surface area contributed by atoms with Gasteiger partial charge in [0.1, 0.15) is 5.69 Å². The predicted molar refractivity (Wildman–Crippen MR) is 80.3 cm³/mol. The van der Waals surface area contributed by atoms with Crippen molar-refractivity contribution in [1.29, 1.82) is 0 Å². The van der Waals surface area contributed by atoms with E-state index in [1.807, 2.05) is 23.1 Å². The van der Waals surface area contributed by atoms with Crippen molar-refractivity contribution in [1.82, 2.24) is 9.97 Å². The van der Waals surface area contributed by atoms with Gasteiger partial charge in [-0.1, -0.05) is 6.07 Å². The number of hydrogen-bond acceptors (Lipinski definition) is 6. The second-order valence-corrected chi connectivity index (χ2v) is 5.97. The Kier molecular flexibility index (Phi) is 3.85. The monoisotopic (exact) mass is 304 g/mol. The fourth-order valence-electron chi connectivity index (χ4n) is 2.52. The number of carbonyl (C=O) groups excluding carboxylic acids is 1. The average molecular weight is 304 g/mol. The highest BCUT2D eigenvalue weighted by atomic mass is 32.1. The molecule has 21 heavy (non-hydrogen) atoms. The summed E-state index contributed by atoms with van der Waals surface area (Å²) in [7, 11) is 0. The van der Waals surface area contributed by atoms with Gasteiger partial charge in [-0.25, -0.2) is 4.98 Å². The lowest BCUT2D eigenvalue weighted by molar-refractivity contribution is 0.0996. The van der Waals surface area contributed by atoms with E-state index in [-0.39, 0.29) is 11.6 Å². The third-order valence-corrected chi connectivity index (χ3v) is 4.52. The van der Waals surface area contributed by atoms with Crippen LogP contribution in [0.3, 0.4) is 0 Å². The number of thiazole rings is 1. The third kappa shape index (κ3) is 3.03. The lowest BCUT2D eigenvalue weighted by Crippen LogP contribution is -2.21. The second-order valence-electron chi connectivity index (χ2n) is 5.14. The lowest BCUT2D eigenvalue weighted by atomic mass is 10.00. The van der Waals surface area contributed by atoms with Crippen molar-refractivity contribution in [2.24, 2.45) is 11.7 Å². The number of β-amino-alcohol motifs (C(OH)–C–C–N with tert-alkyl or cyclic N) is 1. The van der Waals surface area contributed by atoms with E-state index in [0.717, 1.165) is 17.2 Å². The zero-order chi connectivity index (χ0) is 14.8. The van der Waals surface area contributed by atoms with Gasteiger partial charge in [-0.15, -0.1) is 11.3 Å². The fraction of sp³-hybridized carbons (Fsp3) is 0.357. The molecule has 1 amide bonds. The molecule has 1 fully saturated rings. The topological polar surface area (TPSA) is 92.3 Å². The number of aromatic nitrogens is 2. The largest absolute Gasteiger partial charge is 0.391 e. The Hall–Kier alpha value is -1.99. The number of hydrogen-bond donors (Lipinski definition) is 2. The van der Waals surface area contributed by atoms with E-state index in [1.165, 1.54) is 11.3 Å². The fourth-order valence-corrected chi connectivity index (χ4v) is 3.36. The van der Waals surface area contributed by atoms with Crippen LogP contribution in [0.5, 0.6) is 0 Å². The summed E-state index contributed by atoms with van der Waals surface area (Å²) in [5, 5.41) is 12.6. The van der Waals surface area contributed by atoms with Crippen molar-refractivity contribution in [3.8, 4) is 0 Å². The van der Waals surface area contributed by atoms with E-state index < -0.39 is 12.0 Å². The van der Waals surface area contributed by atoms with E-state index in [0.29, 0.717) is 13.1 Å². The minimum absolute atomic E-state index is 0.112. The van der Waals surface area contributed by atoms with Gasteiger partial charge in [0.05, 0.1) is 6.10 Å². The molecular formula is C14H16N4O2S. The molecule has 0 spiro atoms. The molecule has 7 heteroatoms. The van der Waals surface area contributed by atoms with Gasteiger partial charge in [0.25, 0.3) is 5.91 Å². The van der Waals surface area contributed by atoms with Crippen LogP contribution in [0.2, 0.25) is 0 Å². The van der Waals surface area contributed by atoms with Crippen LogP contribution in [0.1, 0.15) is 16.2 Å². The Morgan fingerprint density at radius 1 is 1.48 bits per heavy atom. The summed E-state index contributed by atoms with van der Waals surface area (Å²) >= 11 is 1.37. The van der Waals surface area contributed by atoms with Gasteiger partial charge in [-0.2, -0.15) is 0 Å². The number of primary amides is 1. The first kappa shape index (κ1) is 14.0. The summed E-state index contributed by atoms with van der Waals surface area (Å²) in [6, 6.07) is 5.78. The molecule has 1 aliphatic rings. The maximum atomic E-state index is 11.1. The van der Waals surface area contributed by atoms with Gasteiger partial charge in [-0.05, 0) is 18.6 Å². The highest BCUT2D eigenvalue weighted by Gasteiger charge is 2.33. The quantitative estimate of drug-likeness (QED) is 0.866. The van der Waals surface area contributed by atoms with Crippen molar-refractivity contribution < 1.29 is 9.90 Å². The van der Waals surface area contributed by atoms with E-state index in [4.69, 9.17) is 5.73 Å². The molecule has 3 N–H and O–H groups in total. The van der Waals surface area contributed by atoms with Crippen molar-refractivity contribution >= 4 is 22.4 Å². The van der Waals surface area contributed by atoms with Crippen LogP contribution in [-0.2, 0) is 6.42 Å². The maximum Gasteiger partial charge on any atom is 0.268 e. The molecule has 3 heterocycles. The van der Waals surface area contributed by atoms with Gasteiger partial charge >= 0.3 is 0 Å². The van der Waals surface area contributed by atoms with Crippen LogP contribution in [-0.4, -0.2) is 40.2 Å². The van der Waals surface area contributed by atoms with E-state index in [9.17, 15) is 9.90 Å². The van der Waals surface area contributed by atoms with Gasteiger partial charge in [0.15, 0.2) is 5.13 Å². The van der Waals surface area contributed by atoms with Crippen LogP contribution < -0.4 is 10.6 Å². The zero-order valence-electron chi connectivity index (χ0n) is 11.3. The number of rotatable bonds is 4. The molecule has 0 bridgehead atoms. The predicted octanol–water partition coefficient (Wildman–Crippen LogP) is 0.677. The molecule has 3 rings (SSSR count). The summed E-state index contributed by atoms with van der Waals surface area (Å²) < 4.78 is 0. The van der Waals surface area contributed by atoms with Crippen LogP contribution in [0.4, 0.5) is 5.13 Å². The molecule has 110 valence electrons. The van der Waals surface area contributed by atoms with Gasteiger partial charge in [0.2, 0.25) is 0 Å². The third-order valence-electron chi connectivity index (χ3n) is 3.62. The Labute approximate surface area is 126 Å². The molecule has 0 unspecified atom stereocenters. The summed E-state index contributed by atoms with van der Waals surface area (Å²) in [5.74, 6) is -0.414. The minimum atomic E-state index is -0.526. The SMILES string of the molecule is NC(=O)c1csc(N2C[C@@H](Cc3ccccn3)[C@H](O)C2)n1. The molecule has 0 radical (unpaired) electrons. The number of aliphatic hydroxyl groups excluding tert-OH is 1. The van der Waals surface area contributed by atoms with Crippen molar-refractivity contribution in [3.05, 3.63) is 41.2 Å². The van der Waals surface area contributed by atoms with Crippen LogP contribution in [0, 0.1) is 5.92 Å². The summed E-state index contributed by atoms with van der Waals surface area (Å²) in [6.45, 7) is 1.21. The molecule has 2 aromatic rings. The smallest absolute Gasteiger partial charge is 0.268 e. The molecule has 1 aliphatic heterocycles. The molecule has 2 aromatic heterocycles. The van der Waals surface area contributed by atoms with E-state index in [2.05, 4.69) is 9.97 Å². The van der Waals surface area contributed by atoms with E-state index >= 15 is 0 Å². The zero-order valence-corrected chi connectivity index (χ0v) is 12.2. The molecule has 1 saturated heterocycles. The number of anilines is 1. The molecule has 0 aromatic carbocycles. The van der Waals surface area contributed by atoms with Crippen LogP contribution in [0.25, 0.3) is 0 Å². The number of amides is 1. The number of nitrogens with zero attached hydrogens (tertiary/aromatic N) is 3. The van der Waals surface area contributed by atoms with Crippen molar-refractivity contribution in [3.63, 3.8) is 0 Å². The maximum absolute atomic E-state index is 11.1. The summed E-state index contributed by atoms with van der Waals surface area (Å²) in [5.41, 5.74) is 6.46. The Morgan fingerprint density at radius 3 is 3.00 bits per heavy atom. The molecule has 0 aliphatic carbocycles. The Morgan fingerprint density at radius 2 is 2.33 bits per heavy atom. The Balaban J connectivity index is 1.69. The Bertz CT molecular complexity index is 631. The number of carbonyl (C=O) groups is 1. The normalized spacial score (nSPS) is 21.7. The first-order chi connectivity index (χ1) is 10.1. The van der Waals surface area contributed by atoms with Gasteiger partial charge < -0.3 is 15.7 Å². The number of nitrogens with two attached hydrogens (primary N) is 1. The van der Waals surface area contributed by atoms with Gasteiger partial charge in [0, 0.05) is 36.3 Å².